The third-order valence-electron chi connectivity index (χ3n) is 4.61. The topological polar surface area (TPSA) is 64.8 Å². The first-order chi connectivity index (χ1) is 12.0. The van der Waals surface area contributed by atoms with Gasteiger partial charge in [-0.25, -0.2) is 0 Å². The number of hydrogen-bond donors (Lipinski definition) is 0. The fraction of sp³-hybridized carbons (Fsp3) is 0.474. The van der Waals surface area contributed by atoms with E-state index in [1.807, 2.05) is 11.0 Å². The van der Waals surface area contributed by atoms with Gasteiger partial charge in [0.15, 0.2) is 17.3 Å². The van der Waals surface area contributed by atoms with Crippen LogP contribution in [0.15, 0.2) is 28.8 Å². The molecule has 1 aromatic heterocycles. The Morgan fingerprint density at radius 3 is 2.64 bits per heavy atom. The molecule has 0 aliphatic carbocycles. The lowest BCUT2D eigenvalue weighted by atomic mass is 10.1. The maximum atomic E-state index is 13.0. The quantitative estimate of drug-likeness (QED) is 0.825. The van der Waals surface area contributed by atoms with Crippen LogP contribution in [0, 0.1) is 0 Å². The Hall–Kier alpha value is -2.50. The van der Waals surface area contributed by atoms with Gasteiger partial charge in [0, 0.05) is 18.2 Å². The highest BCUT2D eigenvalue weighted by Gasteiger charge is 2.33. The first-order valence-corrected chi connectivity index (χ1v) is 8.54. The molecule has 3 rings (SSSR count). The lowest BCUT2D eigenvalue weighted by molar-refractivity contribution is 0.0714. The molecule has 1 saturated heterocycles. The summed E-state index contributed by atoms with van der Waals surface area (Å²) < 4.78 is 16.1. The number of likely N-dealkylation sites (tertiary alicyclic amines) is 1. The molecule has 1 atom stereocenters. The van der Waals surface area contributed by atoms with Gasteiger partial charge in [0.2, 0.25) is 0 Å². The fourth-order valence-electron chi connectivity index (χ4n) is 3.17. The van der Waals surface area contributed by atoms with Crippen LogP contribution in [0.4, 0.5) is 0 Å². The van der Waals surface area contributed by atoms with Gasteiger partial charge in [-0.15, -0.1) is 0 Å². The van der Waals surface area contributed by atoms with Gasteiger partial charge in [-0.3, -0.25) is 4.79 Å². The zero-order valence-corrected chi connectivity index (χ0v) is 15.1. The van der Waals surface area contributed by atoms with E-state index in [-0.39, 0.29) is 11.9 Å². The first-order valence-electron chi connectivity index (χ1n) is 8.54. The van der Waals surface area contributed by atoms with E-state index < -0.39 is 0 Å². The van der Waals surface area contributed by atoms with Crippen LogP contribution in [-0.2, 0) is 0 Å². The minimum atomic E-state index is -0.0689. The monoisotopic (exact) mass is 344 g/mol. The van der Waals surface area contributed by atoms with Crippen molar-refractivity contribution in [2.24, 2.45) is 0 Å². The molecule has 0 bridgehead atoms. The first kappa shape index (κ1) is 17.3. The number of ether oxygens (including phenoxy) is 2. The van der Waals surface area contributed by atoms with Gasteiger partial charge >= 0.3 is 0 Å². The number of nitrogens with zero attached hydrogens (tertiary/aromatic N) is 2. The molecule has 0 spiro atoms. The van der Waals surface area contributed by atoms with Crippen molar-refractivity contribution >= 4 is 5.91 Å². The van der Waals surface area contributed by atoms with Crippen molar-refractivity contribution in [3.05, 3.63) is 41.3 Å². The number of methoxy groups -OCH3 is 2. The SMILES string of the molecule is COc1ccc(C(=O)N2CCCC2c2cc(C(C)C)no2)cc1OC. The highest BCUT2D eigenvalue weighted by Crippen LogP contribution is 2.35. The third kappa shape index (κ3) is 3.34. The molecule has 134 valence electrons. The zero-order chi connectivity index (χ0) is 18.0. The molecule has 0 radical (unpaired) electrons. The molecule has 0 N–H and O–H groups in total. The highest BCUT2D eigenvalue weighted by molar-refractivity contribution is 5.95. The second-order valence-corrected chi connectivity index (χ2v) is 6.54. The fourth-order valence-corrected chi connectivity index (χ4v) is 3.17. The van der Waals surface area contributed by atoms with Gasteiger partial charge in [0.05, 0.1) is 26.0 Å². The van der Waals surface area contributed by atoms with Gasteiger partial charge in [0.1, 0.15) is 0 Å². The van der Waals surface area contributed by atoms with Crippen LogP contribution >= 0.6 is 0 Å². The smallest absolute Gasteiger partial charge is 0.254 e. The Bertz CT molecular complexity index is 754. The second-order valence-electron chi connectivity index (χ2n) is 6.54. The number of benzene rings is 1. The number of carbonyl (C=O) groups is 1. The number of hydrogen-bond acceptors (Lipinski definition) is 5. The molecule has 1 unspecified atom stereocenters. The van der Waals surface area contributed by atoms with Crippen LogP contribution in [0.2, 0.25) is 0 Å². The van der Waals surface area contributed by atoms with E-state index in [2.05, 4.69) is 19.0 Å². The molecule has 2 heterocycles. The van der Waals surface area contributed by atoms with E-state index in [4.69, 9.17) is 14.0 Å². The maximum Gasteiger partial charge on any atom is 0.254 e. The van der Waals surface area contributed by atoms with E-state index in [1.165, 1.54) is 0 Å². The summed E-state index contributed by atoms with van der Waals surface area (Å²) in [5.41, 5.74) is 1.49. The van der Waals surface area contributed by atoms with Crippen molar-refractivity contribution in [1.29, 1.82) is 0 Å². The van der Waals surface area contributed by atoms with E-state index >= 15 is 0 Å². The summed E-state index contributed by atoms with van der Waals surface area (Å²) in [6.45, 7) is 4.85. The van der Waals surface area contributed by atoms with Crippen molar-refractivity contribution in [3.8, 4) is 11.5 Å². The number of aromatic nitrogens is 1. The molecule has 6 nitrogen and oxygen atoms in total. The highest BCUT2D eigenvalue weighted by atomic mass is 16.5. The Morgan fingerprint density at radius 1 is 1.24 bits per heavy atom. The van der Waals surface area contributed by atoms with Crippen LogP contribution in [-0.4, -0.2) is 36.7 Å². The summed E-state index contributed by atoms with van der Waals surface area (Å²) in [5, 5.41) is 4.13. The molecule has 1 aromatic carbocycles. The van der Waals surface area contributed by atoms with Crippen LogP contribution in [0.1, 0.15) is 60.5 Å². The van der Waals surface area contributed by atoms with Crippen LogP contribution in [0.25, 0.3) is 0 Å². The normalized spacial score (nSPS) is 17.2. The van der Waals surface area contributed by atoms with E-state index in [0.717, 1.165) is 24.3 Å². The molecule has 1 aliphatic heterocycles. The van der Waals surface area contributed by atoms with Crippen molar-refractivity contribution < 1.29 is 18.8 Å². The van der Waals surface area contributed by atoms with E-state index in [9.17, 15) is 4.79 Å². The number of rotatable bonds is 5. The van der Waals surface area contributed by atoms with E-state index in [0.29, 0.717) is 29.5 Å². The minimum Gasteiger partial charge on any atom is -0.493 e. The predicted octanol–water partition coefficient (Wildman–Crippen LogP) is 3.79. The lowest BCUT2D eigenvalue weighted by Gasteiger charge is -2.23. The van der Waals surface area contributed by atoms with E-state index in [1.54, 1.807) is 32.4 Å². The van der Waals surface area contributed by atoms with Gasteiger partial charge in [-0.2, -0.15) is 0 Å². The molecule has 6 heteroatoms. The van der Waals surface area contributed by atoms with Crippen molar-refractivity contribution in [3.63, 3.8) is 0 Å². The Kier molecular flexibility index (Phi) is 4.97. The van der Waals surface area contributed by atoms with Crippen LogP contribution in [0.5, 0.6) is 11.5 Å². The van der Waals surface area contributed by atoms with Crippen LogP contribution < -0.4 is 9.47 Å². The summed E-state index contributed by atoms with van der Waals surface area (Å²) in [6.07, 6.45) is 1.83. The maximum absolute atomic E-state index is 13.0. The summed E-state index contributed by atoms with van der Waals surface area (Å²) in [5.74, 6) is 2.18. The summed E-state index contributed by atoms with van der Waals surface area (Å²) in [6, 6.07) is 7.13. The Labute approximate surface area is 147 Å². The van der Waals surface area contributed by atoms with Crippen LogP contribution in [0.3, 0.4) is 0 Å². The molecule has 1 fully saturated rings. The largest absolute Gasteiger partial charge is 0.493 e. The average Bonchev–Trinajstić information content (AvgIpc) is 3.29. The summed E-state index contributed by atoms with van der Waals surface area (Å²) in [4.78, 5) is 14.9. The van der Waals surface area contributed by atoms with Gasteiger partial charge in [0.25, 0.3) is 5.91 Å². The zero-order valence-electron chi connectivity index (χ0n) is 15.1. The Balaban J connectivity index is 1.85. The lowest BCUT2D eigenvalue weighted by Crippen LogP contribution is -2.30. The third-order valence-corrected chi connectivity index (χ3v) is 4.61. The van der Waals surface area contributed by atoms with Crippen molar-refractivity contribution in [1.82, 2.24) is 10.1 Å². The molecule has 2 aromatic rings. The summed E-state index contributed by atoms with van der Waals surface area (Å²) in [7, 11) is 3.14. The van der Waals surface area contributed by atoms with Gasteiger partial charge in [-0.1, -0.05) is 19.0 Å². The Morgan fingerprint density at radius 2 is 2.00 bits per heavy atom. The number of amides is 1. The average molecular weight is 344 g/mol. The minimum absolute atomic E-state index is 0.0362. The van der Waals surface area contributed by atoms with Crippen molar-refractivity contribution in [2.75, 3.05) is 20.8 Å². The van der Waals surface area contributed by atoms with Crippen molar-refractivity contribution in [2.45, 2.75) is 38.6 Å². The van der Waals surface area contributed by atoms with Gasteiger partial charge in [-0.05, 0) is 37.0 Å². The standard InChI is InChI=1S/C19H24N2O4/c1-12(2)14-11-17(25-20-14)15-6-5-9-21(15)19(22)13-7-8-16(23-3)18(10-13)24-4/h7-8,10-12,15H,5-6,9H2,1-4H3. The predicted molar refractivity (Wildman–Crippen MR) is 93.1 cm³/mol. The molecule has 1 aliphatic rings. The second kappa shape index (κ2) is 7.17. The molecule has 1 amide bonds. The number of carbonyl (C=O) groups excluding carboxylic acids is 1. The molecular formula is C19H24N2O4. The summed E-state index contributed by atoms with van der Waals surface area (Å²) >= 11 is 0. The molecule has 0 saturated carbocycles. The van der Waals surface area contributed by atoms with Gasteiger partial charge < -0.3 is 18.9 Å². The molecule has 25 heavy (non-hydrogen) atoms. The molecular weight excluding hydrogens is 320 g/mol.